The van der Waals surface area contributed by atoms with E-state index in [-0.39, 0.29) is 25.1 Å². The van der Waals surface area contributed by atoms with Crippen molar-refractivity contribution in [1.29, 1.82) is 0 Å². The zero-order valence-corrected chi connectivity index (χ0v) is 19.4. The number of nitrogens with one attached hydrogen (secondary N) is 1. The zero-order valence-electron chi connectivity index (χ0n) is 19.4. The minimum atomic E-state index is -4.42. The van der Waals surface area contributed by atoms with Crippen LogP contribution in [0.1, 0.15) is 42.9 Å². The SMILES string of the molecule is CCOC(=O)N1c2cc(OC)c(OC)cc2C(C(=O)NCc2ccc(C(F)(F)F)cc2)CC1C. The molecule has 1 heterocycles. The van der Waals surface area contributed by atoms with Crippen molar-refractivity contribution in [2.75, 3.05) is 25.7 Å². The van der Waals surface area contributed by atoms with Gasteiger partial charge in [-0.05, 0) is 49.6 Å². The third-order valence-corrected chi connectivity index (χ3v) is 5.71. The van der Waals surface area contributed by atoms with Crippen LogP contribution in [-0.2, 0) is 22.3 Å². The summed E-state index contributed by atoms with van der Waals surface area (Å²) < 4.78 is 54.3. The summed E-state index contributed by atoms with van der Waals surface area (Å²) in [5, 5.41) is 2.80. The van der Waals surface area contributed by atoms with Crippen molar-refractivity contribution in [2.45, 2.75) is 44.9 Å². The molecule has 0 saturated carbocycles. The Bertz CT molecular complexity index is 1040. The van der Waals surface area contributed by atoms with Gasteiger partial charge in [0.15, 0.2) is 11.5 Å². The maximum Gasteiger partial charge on any atom is 0.416 e. The van der Waals surface area contributed by atoms with Gasteiger partial charge in [0.05, 0.1) is 38.0 Å². The molecule has 0 bridgehead atoms. The van der Waals surface area contributed by atoms with E-state index in [0.717, 1.165) is 12.1 Å². The summed E-state index contributed by atoms with van der Waals surface area (Å²) in [6.45, 7) is 3.78. The topological polar surface area (TPSA) is 77.1 Å². The van der Waals surface area contributed by atoms with Crippen LogP contribution in [0.25, 0.3) is 0 Å². The Morgan fingerprint density at radius 1 is 1.09 bits per heavy atom. The summed E-state index contributed by atoms with van der Waals surface area (Å²) in [5.41, 5.74) is 0.821. The van der Waals surface area contributed by atoms with E-state index >= 15 is 0 Å². The van der Waals surface area contributed by atoms with Gasteiger partial charge >= 0.3 is 12.3 Å². The summed E-state index contributed by atoms with van der Waals surface area (Å²) in [5.74, 6) is -0.137. The van der Waals surface area contributed by atoms with Crippen molar-refractivity contribution >= 4 is 17.7 Å². The molecule has 184 valence electrons. The number of hydrogen-bond donors (Lipinski definition) is 1. The Morgan fingerprint density at radius 3 is 2.26 bits per heavy atom. The average molecular weight is 480 g/mol. The Hall–Kier alpha value is -3.43. The smallest absolute Gasteiger partial charge is 0.416 e. The largest absolute Gasteiger partial charge is 0.493 e. The summed E-state index contributed by atoms with van der Waals surface area (Å²) in [6, 6.07) is 7.56. The first-order valence-electron chi connectivity index (χ1n) is 10.8. The van der Waals surface area contributed by atoms with E-state index in [1.165, 1.54) is 31.3 Å². The van der Waals surface area contributed by atoms with Crippen molar-refractivity contribution in [3.63, 3.8) is 0 Å². The van der Waals surface area contributed by atoms with Gasteiger partial charge in [0, 0.05) is 18.7 Å². The Balaban J connectivity index is 1.88. The number of carbonyl (C=O) groups excluding carboxylic acids is 2. The second kappa shape index (κ2) is 10.2. The quantitative estimate of drug-likeness (QED) is 0.638. The number of halogens is 3. The highest BCUT2D eigenvalue weighted by Gasteiger charge is 2.39. The minimum Gasteiger partial charge on any atom is -0.493 e. The standard InChI is InChI=1S/C24H27F3N2O5/c1-5-34-23(31)29-14(2)10-18(17-11-20(32-3)21(33-4)12-19(17)29)22(30)28-13-15-6-8-16(9-7-15)24(25,26)27/h6-9,11-12,14,18H,5,10,13H2,1-4H3,(H,28,30). The lowest BCUT2D eigenvalue weighted by atomic mass is 9.85. The molecule has 2 amide bonds. The molecule has 34 heavy (non-hydrogen) atoms. The first-order valence-corrected chi connectivity index (χ1v) is 10.8. The van der Waals surface area contributed by atoms with Gasteiger partial charge in [0.1, 0.15) is 0 Å². The Labute approximate surface area is 195 Å². The van der Waals surface area contributed by atoms with E-state index in [1.807, 2.05) is 6.92 Å². The fraction of sp³-hybridized carbons (Fsp3) is 0.417. The highest BCUT2D eigenvalue weighted by Crippen LogP contribution is 2.45. The molecule has 2 aromatic rings. The van der Waals surface area contributed by atoms with Crippen LogP contribution in [0.15, 0.2) is 36.4 Å². The van der Waals surface area contributed by atoms with E-state index in [9.17, 15) is 22.8 Å². The molecule has 2 atom stereocenters. The fourth-order valence-electron chi connectivity index (χ4n) is 4.03. The number of ether oxygens (including phenoxy) is 3. The highest BCUT2D eigenvalue weighted by molar-refractivity contribution is 5.95. The lowest BCUT2D eigenvalue weighted by molar-refractivity contribution is -0.137. The second-order valence-corrected chi connectivity index (χ2v) is 7.88. The first-order chi connectivity index (χ1) is 16.1. The Kier molecular flexibility index (Phi) is 7.58. The fourth-order valence-corrected chi connectivity index (χ4v) is 4.03. The second-order valence-electron chi connectivity index (χ2n) is 7.88. The van der Waals surface area contributed by atoms with Crippen molar-refractivity contribution in [1.82, 2.24) is 5.32 Å². The molecular formula is C24H27F3N2O5. The van der Waals surface area contributed by atoms with Crippen LogP contribution in [0.5, 0.6) is 11.5 Å². The van der Waals surface area contributed by atoms with Crippen LogP contribution >= 0.6 is 0 Å². The lowest BCUT2D eigenvalue weighted by Crippen LogP contribution is -2.46. The molecule has 2 unspecified atom stereocenters. The lowest BCUT2D eigenvalue weighted by Gasteiger charge is -2.38. The minimum absolute atomic E-state index is 0.0616. The van der Waals surface area contributed by atoms with Crippen LogP contribution in [-0.4, -0.2) is 38.9 Å². The maximum absolute atomic E-state index is 13.2. The highest BCUT2D eigenvalue weighted by atomic mass is 19.4. The monoisotopic (exact) mass is 480 g/mol. The normalized spacial score (nSPS) is 17.6. The number of nitrogens with zero attached hydrogens (tertiary/aromatic N) is 1. The van der Waals surface area contributed by atoms with Gasteiger partial charge in [-0.15, -0.1) is 0 Å². The molecule has 0 spiro atoms. The number of benzene rings is 2. The maximum atomic E-state index is 13.2. The van der Waals surface area contributed by atoms with E-state index < -0.39 is 23.8 Å². The van der Waals surface area contributed by atoms with Crippen LogP contribution in [0.2, 0.25) is 0 Å². The van der Waals surface area contributed by atoms with Gasteiger partial charge < -0.3 is 19.5 Å². The number of fused-ring (bicyclic) bond motifs is 1. The molecule has 1 aliphatic rings. The predicted molar refractivity (Wildman–Crippen MR) is 119 cm³/mol. The number of methoxy groups -OCH3 is 2. The average Bonchev–Trinajstić information content (AvgIpc) is 2.80. The van der Waals surface area contributed by atoms with E-state index in [2.05, 4.69) is 5.32 Å². The third kappa shape index (κ3) is 5.21. The Morgan fingerprint density at radius 2 is 1.71 bits per heavy atom. The van der Waals surface area contributed by atoms with E-state index in [4.69, 9.17) is 14.2 Å². The predicted octanol–water partition coefficient (Wildman–Crippen LogP) is 4.88. The van der Waals surface area contributed by atoms with E-state index in [1.54, 1.807) is 19.1 Å². The van der Waals surface area contributed by atoms with Gasteiger partial charge in [-0.3, -0.25) is 9.69 Å². The van der Waals surface area contributed by atoms with Crippen LogP contribution in [0.4, 0.5) is 23.7 Å². The molecule has 1 aliphatic heterocycles. The molecule has 3 rings (SSSR count). The number of anilines is 1. The van der Waals surface area contributed by atoms with Crippen LogP contribution in [0, 0.1) is 0 Å². The van der Waals surface area contributed by atoms with Crippen LogP contribution in [0.3, 0.4) is 0 Å². The summed E-state index contributed by atoms with van der Waals surface area (Å²) in [6.07, 6.45) is -4.64. The number of carbonyl (C=O) groups is 2. The molecule has 0 radical (unpaired) electrons. The number of alkyl halides is 3. The zero-order chi connectivity index (χ0) is 25.0. The van der Waals surface area contributed by atoms with Gasteiger partial charge in [-0.1, -0.05) is 12.1 Å². The van der Waals surface area contributed by atoms with E-state index in [0.29, 0.717) is 34.7 Å². The van der Waals surface area contributed by atoms with Crippen molar-refractivity contribution in [2.24, 2.45) is 0 Å². The molecule has 10 heteroatoms. The molecule has 0 aromatic heterocycles. The van der Waals surface area contributed by atoms with Gasteiger partial charge in [0.2, 0.25) is 5.91 Å². The third-order valence-electron chi connectivity index (χ3n) is 5.71. The van der Waals surface area contributed by atoms with Crippen molar-refractivity contribution in [3.8, 4) is 11.5 Å². The van der Waals surface area contributed by atoms with Gasteiger partial charge in [-0.2, -0.15) is 13.2 Å². The van der Waals surface area contributed by atoms with Gasteiger partial charge in [0.25, 0.3) is 0 Å². The van der Waals surface area contributed by atoms with Crippen LogP contribution < -0.4 is 19.7 Å². The molecule has 1 N–H and O–H groups in total. The van der Waals surface area contributed by atoms with Crippen molar-refractivity contribution < 1.29 is 37.0 Å². The molecular weight excluding hydrogens is 453 g/mol. The number of amides is 2. The van der Waals surface area contributed by atoms with Gasteiger partial charge in [-0.25, -0.2) is 4.79 Å². The molecule has 0 saturated heterocycles. The summed E-state index contributed by atoms with van der Waals surface area (Å²) >= 11 is 0. The molecule has 0 fully saturated rings. The number of rotatable bonds is 6. The summed E-state index contributed by atoms with van der Waals surface area (Å²) in [4.78, 5) is 27.3. The molecule has 2 aromatic carbocycles. The van der Waals surface area contributed by atoms with Crippen molar-refractivity contribution in [3.05, 3.63) is 53.1 Å². The molecule has 7 nitrogen and oxygen atoms in total. The number of hydrogen-bond acceptors (Lipinski definition) is 5. The molecule has 0 aliphatic carbocycles. The summed E-state index contributed by atoms with van der Waals surface area (Å²) in [7, 11) is 2.94. The first kappa shape index (κ1) is 25.2.